The molecule has 136 valence electrons. The molecule has 1 N–H and O–H groups in total. The van der Waals surface area contributed by atoms with Crippen molar-refractivity contribution in [1.29, 1.82) is 0 Å². The van der Waals surface area contributed by atoms with Crippen molar-refractivity contribution >= 4 is 28.8 Å². The Morgan fingerprint density at radius 2 is 1.96 bits per heavy atom. The first-order chi connectivity index (χ1) is 11.5. The summed E-state index contributed by atoms with van der Waals surface area (Å²) in [5.41, 5.74) is 2.33. The molecule has 4 nitrogen and oxygen atoms in total. The summed E-state index contributed by atoms with van der Waals surface area (Å²) < 4.78 is 1.54. The molecule has 2 aromatic rings. The van der Waals surface area contributed by atoms with Gasteiger partial charge in [-0.05, 0) is 56.2 Å². The van der Waals surface area contributed by atoms with Crippen molar-refractivity contribution < 1.29 is 9.90 Å². The number of hydrogen-bond acceptors (Lipinski definition) is 3. The maximum Gasteiger partial charge on any atom is 0.319 e. The van der Waals surface area contributed by atoms with Gasteiger partial charge in [0.2, 0.25) is 0 Å². The summed E-state index contributed by atoms with van der Waals surface area (Å²) >= 11 is 1.37. The van der Waals surface area contributed by atoms with E-state index in [4.69, 9.17) is 4.98 Å². The van der Waals surface area contributed by atoms with E-state index < -0.39 is 10.7 Å². The monoisotopic (exact) mass is 360 g/mol. The van der Waals surface area contributed by atoms with Crippen molar-refractivity contribution in [3.05, 3.63) is 24.0 Å². The molecule has 1 saturated carbocycles. The maximum absolute atomic E-state index is 11.4. The van der Waals surface area contributed by atoms with Crippen LogP contribution in [0.5, 0.6) is 0 Å². The van der Waals surface area contributed by atoms with Crippen LogP contribution in [0.2, 0.25) is 0 Å². The van der Waals surface area contributed by atoms with Gasteiger partial charge in [-0.2, -0.15) is 0 Å². The number of fused-ring (bicyclic) bond motifs is 1. The fourth-order valence-corrected chi connectivity index (χ4v) is 3.92. The Labute approximate surface area is 154 Å². The number of carboxylic acids is 1. The minimum atomic E-state index is -0.849. The summed E-state index contributed by atoms with van der Waals surface area (Å²) in [5.74, 6) is 1.13. The number of carbonyl (C=O) groups is 1. The first kappa shape index (κ1) is 18.3. The van der Waals surface area contributed by atoms with Crippen LogP contribution in [0.15, 0.2) is 23.1 Å². The molecular weight excluding hydrogens is 332 g/mol. The summed E-state index contributed by atoms with van der Waals surface area (Å²) in [6.45, 7) is 11.2. The smallest absolute Gasteiger partial charge is 0.319 e. The number of nitrogens with zero attached hydrogens (tertiary/aromatic N) is 2. The molecule has 1 aliphatic rings. The molecule has 0 spiro atoms. The van der Waals surface area contributed by atoms with Crippen LogP contribution in [0.4, 0.5) is 0 Å². The lowest BCUT2D eigenvalue weighted by atomic mass is 9.92. The molecule has 1 aliphatic carbocycles. The first-order valence-electron chi connectivity index (χ1n) is 8.97. The highest BCUT2D eigenvalue weighted by molar-refractivity contribution is 8.01. The van der Waals surface area contributed by atoms with E-state index in [1.807, 2.05) is 12.1 Å². The molecule has 1 aromatic carbocycles. The number of imidazole rings is 1. The minimum absolute atomic E-state index is 0.186. The first-order valence-corrected chi connectivity index (χ1v) is 9.78. The van der Waals surface area contributed by atoms with E-state index in [0.29, 0.717) is 0 Å². The van der Waals surface area contributed by atoms with Gasteiger partial charge < -0.3 is 9.67 Å². The average Bonchev–Trinajstić information content (AvgIpc) is 3.21. The molecule has 1 aromatic heterocycles. The zero-order valence-corrected chi connectivity index (χ0v) is 16.6. The number of aliphatic carboxylic acids is 1. The Morgan fingerprint density at radius 3 is 2.52 bits per heavy atom. The molecule has 0 radical (unpaired) electrons. The molecule has 0 amide bonds. The second-order valence-corrected chi connectivity index (χ2v) is 10.6. The molecule has 0 unspecified atom stereocenters. The number of thioether (sulfide) groups is 1. The molecule has 3 rings (SSSR count). The maximum atomic E-state index is 11.4. The van der Waals surface area contributed by atoms with E-state index in [1.165, 1.54) is 30.1 Å². The van der Waals surface area contributed by atoms with Crippen molar-refractivity contribution in [3.8, 4) is 0 Å². The van der Waals surface area contributed by atoms with E-state index in [-0.39, 0.29) is 5.41 Å². The van der Waals surface area contributed by atoms with Gasteiger partial charge in [0.15, 0.2) is 0 Å². The summed E-state index contributed by atoms with van der Waals surface area (Å²) in [4.78, 5) is 17.3. The molecular formula is C20H28N2O2S. The van der Waals surface area contributed by atoms with Crippen LogP contribution in [-0.4, -0.2) is 25.4 Å². The Morgan fingerprint density at radius 1 is 1.28 bits per heavy atom. The quantitative estimate of drug-likeness (QED) is 0.737. The van der Waals surface area contributed by atoms with Crippen LogP contribution in [0.3, 0.4) is 0 Å². The van der Waals surface area contributed by atoms with Crippen molar-refractivity contribution in [1.82, 2.24) is 9.55 Å². The van der Waals surface area contributed by atoms with Crippen molar-refractivity contribution in [2.45, 2.75) is 70.1 Å². The van der Waals surface area contributed by atoms with Gasteiger partial charge in [-0.3, -0.25) is 4.79 Å². The van der Waals surface area contributed by atoms with E-state index >= 15 is 0 Å². The summed E-state index contributed by atoms with van der Waals surface area (Å²) in [5, 5.41) is 9.36. The molecule has 5 heteroatoms. The molecule has 25 heavy (non-hydrogen) atoms. The predicted octanol–water partition coefficient (Wildman–Crippen LogP) is 4.99. The largest absolute Gasteiger partial charge is 0.480 e. The van der Waals surface area contributed by atoms with Gasteiger partial charge in [0.1, 0.15) is 10.6 Å². The highest BCUT2D eigenvalue weighted by Gasteiger charge is 2.29. The van der Waals surface area contributed by atoms with E-state index in [9.17, 15) is 9.90 Å². The predicted molar refractivity (Wildman–Crippen MR) is 103 cm³/mol. The van der Waals surface area contributed by atoms with Gasteiger partial charge in [0, 0.05) is 17.9 Å². The van der Waals surface area contributed by atoms with Gasteiger partial charge in [-0.1, -0.05) is 20.8 Å². The number of aromatic nitrogens is 2. The number of benzene rings is 1. The van der Waals surface area contributed by atoms with Gasteiger partial charge in [0.05, 0.1) is 11.0 Å². The topological polar surface area (TPSA) is 55.1 Å². The van der Waals surface area contributed by atoms with Gasteiger partial charge in [-0.25, -0.2) is 4.98 Å². The third-order valence-electron chi connectivity index (χ3n) is 4.51. The van der Waals surface area contributed by atoms with E-state index in [1.54, 1.807) is 13.8 Å². The Balaban J connectivity index is 1.97. The van der Waals surface area contributed by atoms with Crippen LogP contribution in [0.1, 0.15) is 53.3 Å². The third kappa shape index (κ3) is 4.38. The molecule has 1 fully saturated rings. The highest BCUT2D eigenvalue weighted by Crippen LogP contribution is 2.37. The summed E-state index contributed by atoms with van der Waals surface area (Å²) in [6.07, 6.45) is 3.57. The van der Waals surface area contributed by atoms with Crippen molar-refractivity contribution in [2.75, 3.05) is 0 Å². The van der Waals surface area contributed by atoms with Gasteiger partial charge in [0.25, 0.3) is 0 Å². The van der Waals surface area contributed by atoms with Crippen LogP contribution in [0, 0.1) is 11.3 Å². The molecule has 0 bridgehead atoms. The molecule has 0 aliphatic heterocycles. The van der Waals surface area contributed by atoms with Crippen molar-refractivity contribution in [3.63, 3.8) is 0 Å². The Bertz CT molecular complexity index is 798. The number of rotatable bonds is 6. The second-order valence-electron chi connectivity index (χ2n) is 8.89. The molecule has 0 saturated heterocycles. The lowest BCUT2D eigenvalue weighted by molar-refractivity contribution is -0.138. The minimum Gasteiger partial charge on any atom is -0.480 e. The fourth-order valence-electron chi connectivity index (χ4n) is 2.93. The van der Waals surface area contributed by atoms with Crippen LogP contribution >= 0.6 is 11.8 Å². The third-order valence-corrected chi connectivity index (χ3v) is 5.69. The summed E-state index contributed by atoms with van der Waals surface area (Å²) in [7, 11) is 0. The zero-order chi connectivity index (χ0) is 18.4. The lowest BCUT2D eigenvalue weighted by Crippen LogP contribution is -2.26. The van der Waals surface area contributed by atoms with E-state index in [2.05, 4.69) is 31.4 Å². The lowest BCUT2D eigenvalue weighted by Gasteiger charge is -2.19. The fraction of sp³-hybridized carbons (Fsp3) is 0.600. The van der Waals surface area contributed by atoms with Crippen LogP contribution in [0.25, 0.3) is 11.0 Å². The number of carboxylic acid groups (broad SMARTS) is 1. The van der Waals surface area contributed by atoms with Crippen LogP contribution < -0.4 is 0 Å². The van der Waals surface area contributed by atoms with E-state index in [0.717, 1.165) is 35.1 Å². The molecule has 1 heterocycles. The average molecular weight is 361 g/mol. The molecule has 0 atom stereocenters. The van der Waals surface area contributed by atoms with Gasteiger partial charge in [-0.15, -0.1) is 11.8 Å². The highest BCUT2D eigenvalue weighted by atomic mass is 32.2. The SMILES string of the molecule is CC(C)(C)Cc1nc2cc(SC(C)(C)C(=O)O)ccc2n1CC1CC1. The standard InChI is InChI=1S/C20H28N2O2S/c1-19(2,3)11-17-21-15-10-14(25-20(4,5)18(23)24)8-9-16(15)22(17)12-13-6-7-13/h8-10,13H,6-7,11-12H2,1-5H3,(H,23,24). The normalized spacial score (nSPS) is 15.7. The number of hydrogen-bond donors (Lipinski definition) is 1. The van der Waals surface area contributed by atoms with Crippen molar-refractivity contribution in [2.24, 2.45) is 11.3 Å². The van der Waals surface area contributed by atoms with Crippen LogP contribution in [-0.2, 0) is 17.8 Å². The second kappa shape index (κ2) is 6.35. The Kier molecular flexibility index (Phi) is 4.65. The van der Waals surface area contributed by atoms with Gasteiger partial charge >= 0.3 is 5.97 Å². The summed E-state index contributed by atoms with van der Waals surface area (Å²) in [6, 6.07) is 6.18. The zero-order valence-electron chi connectivity index (χ0n) is 15.8. The Hall–Kier alpha value is -1.49.